The lowest BCUT2D eigenvalue weighted by molar-refractivity contribution is -0.121. The highest BCUT2D eigenvalue weighted by molar-refractivity contribution is 9.10. The molecule has 33 heavy (non-hydrogen) atoms. The molecule has 0 aliphatic carbocycles. The molecule has 0 saturated carbocycles. The van der Waals surface area contributed by atoms with Gasteiger partial charge in [0, 0.05) is 23.5 Å². The Kier molecular flexibility index (Phi) is 7.92. The molecule has 6 heteroatoms. The second-order valence-electron chi connectivity index (χ2n) is 8.38. The maximum Gasteiger partial charge on any atom is 0.253 e. The first-order valence-electron chi connectivity index (χ1n) is 11.3. The molecule has 3 aromatic rings. The van der Waals surface area contributed by atoms with Gasteiger partial charge < -0.3 is 10.6 Å². The minimum Gasteiger partial charge on any atom is -0.348 e. The van der Waals surface area contributed by atoms with E-state index in [-0.39, 0.29) is 17.7 Å². The number of carbonyl (C=O) groups is 2. The number of likely N-dealkylation sites (tertiary alicyclic amines) is 1. The van der Waals surface area contributed by atoms with Gasteiger partial charge in [-0.3, -0.25) is 14.5 Å². The van der Waals surface area contributed by atoms with E-state index in [1.165, 1.54) is 5.56 Å². The van der Waals surface area contributed by atoms with Crippen LogP contribution in [0.1, 0.15) is 34.3 Å². The number of hydrogen-bond donors (Lipinski definition) is 2. The maximum atomic E-state index is 13.0. The van der Waals surface area contributed by atoms with Crippen LogP contribution < -0.4 is 10.6 Å². The number of piperidine rings is 1. The molecule has 1 aliphatic heterocycles. The van der Waals surface area contributed by atoms with E-state index in [2.05, 4.69) is 43.6 Å². The van der Waals surface area contributed by atoms with Crippen molar-refractivity contribution in [3.05, 3.63) is 100 Å². The molecule has 1 saturated heterocycles. The monoisotopic (exact) mass is 505 g/mol. The van der Waals surface area contributed by atoms with Gasteiger partial charge in [0.2, 0.25) is 5.91 Å². The highest BCUT2D eigenvalue weighted by atomic mass is 79.9. The van der Waals surface area contributed by atoms with Crippen LogP contribution in [0.3, 0.4) is 0 Å². The number of para-hydroxylation sites is 1. The van der Waals surface area contributed by atoms with Gasteiger partial charge >= 0.3 is 0 Å². The third kappa shape index (κ3) is 6.53. The fourth-order valence-electron chi connectivity index (χ4n) is 4.15. The third-order valence-electron chi connectivity index (χ3n) is 5.98. The van der Waals surface area contributed by atoms with E-state index < -0.39 is 0 Å². The number of rotatable bonds is 7. The summed E-state index contributed by atoms with van der Waals surface area (Å²) in [4.78, 5) is 28.1. The van der Waals surface area contributed by atoms with Crippen molar-refractivity contribution < 1.29 is 9.59 Å². The molecule has 0 bridgehead atoms. The quantitative estimate of drug-likeness (QED) is 0.462. The smallest absolute Gasteiger partial charge is 0.253 e. The Hall–Kier alpha value is -2.96. The van der Waals surface area contributed by atoms with E-state index in [1.807, 2.05) is 54.6 Å². The number of halogens is 1. The Morgan fingerprint density at radius 1 is 0.879 bits per heavy atom. The predicted octanol–water partition coefficient (Wildman–Crippen LogP) is 5.23. The lowest BCUT2D eigenvalue weighted by Gasteiger charge is -2.31. The van der Waals surface area contributed by atoms with Gasteiger partial charge in [-0.2, -0.15) is 0 Å². The van der Waals surface area contributed by atoms with Crippen molar-refractivity contribution in [2.75, 3.05) is 18.4 Å². The molecule has 5 nitrogen and oxygen atoms in total. The number of anilines is 1. The first kappa shape index (κ1) is 23.2. The molecular weight excluding hydrogens is 478 g/mol. The average Bonchev–Trinajstić information content (AvgIpc) is 2.84. The highest BCUT2D eigenvalue weighted by Gasteiger charge is 2.26. The summed E-state index contributed by atoms with van der Waals surface area (Å²) in [5, 5.41) is 5.95. The van der Waals surface area contributed by atoms with Gasteiger partial charge in [0.1, 0.15) is 0 Å². The number of amides is 2. The first-order valence-corrected chi connectivity index (χ1v) is 12.1. The topological polar surface area (TPSA) is 61.4 Å². The molecule has 0 unspecified atom stereocenters. The number of benzene rings is 3. The van der Waals surface area contributed by atoms with Crippen LogP contribution in [0.25, 0.3) is 0 Å². The maximum absolute atomic E-state index is 13.0. The van der Waals surface area contributed by atoms with E-state index in [4.69, 9.17) is 0 Å². The zero-order valence-electron chi connectivity index (χ0n) is 18.5. The number of nitrogens with zero attached hydrogens (tertiary/aromatic N) is 1. The molecule has 1 aliphatic rings. The zero-order valence-corrected chi connectivity index (χ0v) is 20.1. The zero-order chi connectivity index (χ0) is 23.0. The van der Waals surface area contributed by atoms with Gasteiger partial charge in [0.15, 0.2) is 0 Å². The number of carbonyl (C=O) groups excluding carboxylic acids is 2. The Bertz CT molecular complexity index is 1100. The van der Waals surface area contributed by atoms with Crippen LogP contribution in [0.2, 0.25) is 0 Å². The molecule has 3 aromatic carbocycles. The van der Waals surface area contributed by atoms with Crippen LogP contribution in [0.4, 0.5) is 5.69 Å². The van der Waals surface area contributed by atoms with E-state index in [0.29, 0.717) is 17.8 Å². The summed E-state index contributed by atoms with van der Waals surface area (Å²) in [7, 11) is 0. The molecule has 1 fully saturated rings. The first-order chi connectivity index (χ1) is 16.1. The second-order valence-corrected chi connectivity index (χ2v) is 9.30. The molecule has 0 radical (unpaired) electrons. The fourth-order valence-corrected chi connectivity index (χ4v) is 4.59. The molecule has 2 N–H and O–H groups in total. The number of nitrogens with one attached hydrogen (secondary N) is 2. The number of hydrogen-bond acceptors (Lipinski definition) is 3. The van der Waals surface area contributed by atoms with Crippen molar-refractivity contribution in [3.8, 4) is 0 Å². The third-order valence-corrected chi connectivity index (χ3v) is 6.47. The fraction of sp³-hybridized carbons (Fsp3) is 0.259. The van der Waals surface area contributed by atoms with E-state index in [9.17, 15) is 9.59 Å². The SMILES string of the molecule is O=C(NCc1ccccc1)c1ccccc1NC(=O)C1CCN(Cc2cccc(Br)c2)CC1. The minimum atomic E-state index is -0.196. The molecule has 0 atom stereocenters. The van der Waals surface area contributed by atoms with E-state index in [0.717, 1.165) is 42.5 Å². The largest absolute Gasteiger partial charge is 0.348 e. The summed E-state index contributed by atoms with van der Waals surface area (Å²) in [5.41, 5.74) is 3.34. The molecule has 2 amide bonds. The van der Waals surface area contributed by atoms with Crippen molar-refractivity contribution in [2.24, 2.45) is 5.92 Å². The Morgan fingerprint density at radius 3 is 2.33 bits per heavy atom. The molecule has 1 heterocycles. The van der Waals surface area contributed by atoms with Crippen LogP contribution >= 0.6 is 15.9 Å². The van der Waals surface area contributed by atoms with Crippen LogP contribution in [-0.2, 0) is 17.9 Å². The van der Waals surface area contributed by atoms with Gasteiger partial charge in [-0.15, -0.1) is 0 Å². The lowest BCUT2D eigenvalue weighted by Crippen LogP contribution is -2.38. The lowest BCUT2D eigenvalue weighted by atomic mass is 9.95. The summed E-state index contributed by atoms with van der Waals surface area (Å²) >= 11 is 3.52. The van der Waals surface area contributed by atoms with Gasteiger partial charge in [0.05, 0.1) is 11.3 Å². The standard InChI is InChI=1S/C27H28BrN3O2/c28-23-10-6-9-21(17-23)19-31-15-13-22(14-16-31)26(32)30-25-12-5-4-11-24(25)27(33)29-18-20-7-2-1-3-8-20/h1-12,17,22H,13-16,18-19H2,(H,29,33)(H,30,32). The summed E-state index contributed by atoms with van der Waals surface area (Å²) < 4.78 is 1.08. The summed E-state index contributed by atoms with van der Waals surface area (Å²) in [6.45, 7) is 3.09. The van der Waals surface area contributed by atoms with Crippen molar-refractivity contribution in [1.82, 2.24) is 10.2 Å². The molecule has 4 rings (SSSR count). The van der Waals surface area contributed by atoms with Crippen LogP contribution in [-0.4, -0.2) is 29.8 Å². The Labute approximate surface area is 203 Å². The van der Waals surface area contributed by atoms with Gasteiger partial charge in [-0.1, -0.05) is 70.5 Å². The van der Waals surface area contributed by atoms with E-state index >= 15 is 0 Å². The normalized spacial score (nSPS) is 14.6. The van der Waals surface area contributed by atoms with E-state index in [1.54, 1.807) is 12.1 Å². The summed E-state index contributed by atoms with van der Waals surface area (Å²) in [5.74, 6) is -0.261. The van der Waals surface area contributed by atoms with Gasteiger partial charge in [-0.05, 0) is 61.3 Å². The minimum absolute atomic E-state index is 0.0135. The average molecular weight is 506 g/mol. The van der Waals surface area contributed by atoms with Crippen molar-refractivity contribution in [2.45, 2.75) is 25.9 Å². The molecule has 0 aromatic heterocycles. The van der Waals surface area contributed by atoms with Crippen LogP contribution in [0.15, 0.2) is 83.3 Å². The van der Waals surface area contributed by atoms with Crippen molar-refractivity contribution in [1.29, 1.82) is 0 Å². The van der Waals surface area contributed by atoms with Gasteiger partial charge in [-0.25, -0.2) is 0 Å². The van der Waals surface area contributed by atoms with Gasteiger partial charge in [0.25, 0.3) is 5.91 Å². The Morgan fingerprint density at radius 2 is 1.58 bits per heavy atom. The second kappa shape index (κ2) is 11.3. The van der Waals surface area contributed by atoms with Crippen molar-refractivity contribution >= 4 is 33.4 Å². The highest BCUT2D eigenvalue weighted by Crippen LogP contribution is 2.23. The van der Waals surface area contributed by atoms with Crippen LogP contribution in [0.5, 0.6) is 0 Å². The summed E-state index contributed by atoms with van der Waals surface area (Å²) in [6.07, 6.45) is 1.62. The molecule has 0 spiro atoms. The van der Waals surface area contributed by atoms with Crippen LogP contribution in [0, 0.1) is 5.92 Å². The van der Waals surface area contributed by atoms with Crippen molar-refractivity contribution in [3.63, 3.8) is 0 Å². The molecule has 170 valence electrons. The predicted molar refractivity (Wildman–Crippen MR) is 135 cm³/mol. The Balaban J connectivity index is 1.31. The summed E-state index contributed by atoms with van der Waals surface area (Å²) in [6, 6.07) is 25.3. The molecular formula is C27H28BrN3O2.